The molecule has 8 atom stereocenters. The van der Waals surface area contributed by atoms with Crippen LogP contribution < -0.4 is 0 Å². The van der Waals surface area contributed by atoms with E-state index in [1.54, 1.807) is 0 Å². The first-order chi connectivity index (χ1) is 12.6. The van der Waals surface area contributed by atoms with Crippen molar-refractivity contribution in [3.05, 3.63) is 12.2 Å². The second kappa shape index (κ2) is 5.15. The molecule has 0 aromatic carbocycles. The van der Waals surface area contributed by atoms with Gasteiger partial charge in [0.25, 0.3) is 0 Å². The summed E-state index contributed by atoms with van der Waals surface area (Å²) >= 11 is 0. The maximum absolute atomic E-state index is 11.3. The fourth-order valence-corrected chi connectivity index (χ4v) is 9.59. The van der Waals surface area contributed by atoms with Crippen LogP contribution in [0.3, 0.4) is 0 Å². The number of piperidine rings is 1. The highest BCUT2D eigenvalue weighted by molar-refractivity contribution is 5.28. The van der Waals surface area contributed by atoms with E-state index < -0.39 is 0 Å². The van der Waals surface area contributed by atoms with E-state index >= 15 is 0 Å². The predicted octanol–water partition coefficient (Wildman–Crippen LogP) is 3.97. The Morgan fingerprint density at radius 3 is 2.85 bits per heavy atom. The summed E-state index contributed by atoms with van der Waals surface area (Å²) in [6.07, 6.45) is 11.9. The predicted molar refractivity (Wildman–Crippen MR) is 101 cm³/mol. The van der Waals surface area contributed by atoms with Crippen LogP contribution in [0.5, 0.6) is 0 Å². The molecule has 5 saturated carbocycles. The molecule has 1 N–H and O–H groups in total. The quantitative estimate of drug-likeness (QED) is 0.721. The minimum Gasteiger partial charge on any atom is -0.388 e. The van der Waals surface area contributed by atoms with Gasteiger partial charge in [0, 0.05) is 23.9 Å². The molecule has 26 heavy (non-hydrogen) atoms. The standard InChI is InChI=1S/C23H35NO2/c1-3-21-7-4-8-23(14-24-11-12-26-20(21)24)17(21)6-10-22-9-5-16(13-18(22)23)15(2)19(22)25/h16-20,25H,2-14H2,1H3/t16-,17+,18?,19+,20?,21+,22-,23-/m0/s1. The molecule has 2 unspecified atom stereocenters. The number of hydrogen-bond acceptors (Lipinski definition) is 3. The summed E-state index contributed by atoms with van der Waals surface area (Å²) < 4.78 is 6.38. The van der Waals surface area contributed by atoms with E-state index in [-0.39, 0.29) is 11.5 Å². The monoisotopic (exact) mass is 357 g/mol. The molecule has 3 nitrogen and oxygen atoms in total. The van der Waals surface area contributed by atoms with Crippen molar-refractivity contribution in [3.63, 3.8) is 0 Å². The summed E-state index contributed by atoms with van der Waals surface area (Å²) in [5.41, 5.74) is 2.12. The zero-order valence-electron chi connectivity index (χ0n) is 16.4. The smallest absolute Gasteiger partial charge is 0.116 e. The Morgan fingerprint density at radius 1 is 1.15 bits per heavy atom. The molecule has 144 valence electrons. The summed E-state index contributed by atoms with van der Waals surface area (Å²) in [6.45, 7) is 10.1. The van der Waals surface area contributed by atoms with Crippen molar-refractivity contribution in [2.45, 2.75) is 77.0 Å². The van der Waals surface area contributed by atoms with Crippen LogP contribution in [0.15, 0.2) is 12.2 Å². The maximum Gasteiger partial charge on any atom is 0.116 e. The number of nitrogens with zero attached hydrogens (tertiary/aromatic N) is 1. The van der Waals surface area contributed by atoms with Crippen LogP contribution in [0.2, 0.25) is 0 Å². The third-order valence-electron chi connectivity index (χ3n) is 10.5. The van der Waals surface area contributed by atoms with Crippen LogP contribution in [0.4, 0.5) is 0 Å². The zero-order chi connectivity index (χ0) is 17.7. The molecule has 2 aliphatic heterocycles. The molecule has 7 rings (SSSR count). The average Bonchev–Trinajstić information content (AvgIpc) is 3.12. The molecule has 0 radical (unpaired) electrons. The van der Waals surface area contributed by atoms with Crippen molar-refractivity contribution >= 4 is 0 Å². The van der Waals surface area contributed by atoms with Gasteiger partial charge in [0.1, 0.15) is 6.23 Å². The van der Waals surface area contributed by atoms with Crippen LogP contribution in [-0.2, 0) is 4.74 Å². The molecule has 5 aliphatic carbocycles. The summed E-state index contributed by atoms with van der Waals surface area (Å²) in [4.78, 5) is 2.72. The second-order valence-corrected chi connectivity index (χ2v) is 10.7. The third-order valence-corrected chi connectivity index (χ3v) is 10.5. The lowest BCUT2D eigenvalue weighted by Gasteiger charge is -2.73. The van der Waals surface area contributed by atoms with E-state index in [9.17, 15) is 5.11 Å². The molecule has 0 amide bonds. The van der Waals surface area contributed by atoms with Crippen LogP contribution in [0, 0.1) is 34.0 Å². The van der Waals surface area contributed by atoms with Gasteiger partial charge in [-0.25, -0.2) is 0 Å². The first-order valence-electron chi connectivity index (χ1n) is 11.3. The van der Waals surface area contributed by atoms with E-state index in [1.165, 1.54) is 69.9 Å². The topological polar surface area (TPSA) is 32.7 Å². The highest BCUT2D eigenvalue weighted by atomic mass is 16.5. The van der Waals surface area contributed by atoms with E-state index in [2.05, 4.69) is 18.4 Å². The zero-order valence-corrected chi connectivity index (χ0v) is 16.4. The van der Waals surface area contributed by atoms with Crippen LogP contribution in [0.1, 0.15) is 64.7 Å². The Bertz CT molecular complexity index is 648. The van der Waals surface area contributed by atoms with Gasteiger partial charge in [0.05, 0.1) is 12.7 Å². The molecular weight excluding hydrogens is 322 g/mol. The van der Waals surface area contributed by atoms with Crippen LogP contribution in [0.25, 0.3) is 0 Å². The Balaban J connectivity index is 1.50. The lowest BCUT2D eigenvalue weighted by Crippen LogP contribution is -2.73. The first-order valence-corrected chi connectivity index (χ1v) is 11.3. The van der Waals surface area contributed by atoms with E-state index in [0.717, 1.165) is 19.1 Å². The van der Waals surface area contributed by atoms with E-state index in [4.69, 9.17) is 4.74 Å². The number of rotatable bonds is 1. The molecule has 3 heteroatoms. The fourth-order valence-electron chi connectivity index (χ4n) is 9.59. The van der Waals surface area contributed by atoms with Gasteiger partial charge in [-0.1, -0.05) is 19.9 Å². The summed E-state index contributed by atoms with van der Waals surface area (Å²) in [5, 5.41) is 11.3. The molecule has 7 fully saturated rings. The number of aliphatic hydroxyl groups excluding tert-OH is 1. The summed E-state index contributed by atoms with van der Waals surface area (Å²) in [6, 6.07) is 0. The molecule has 0 aromatic heterocycles. The normalized spacial score (nSPS) is 58.2. The van der Waals surface area contributed by atoms with Crippen LogP contribution >= 0.6 is 0 Å². The number of hydrogen-bond donors (Lipinski definition) is 1. The van der Waals surface area contributed by atoms with Crippen molar-refractivity contribution in [2.24, 2.45) is 34.0 Å². The average molecular weight is 358 g/mol. The van der Waals surface area contributed by atoms with Gasteiger partial charge >= 0.3 is 0 Å². The first kappa shape index (κ1) is 16.6. The number of fused-ring (bicyclic) bond motifs is 4. The second-order valence-electron chi connectivity index (χ2n) is 10.7. The highest BCUT2D eigenvalue weighted by Crippen LogP contribution is 2.75. The summed E-state index contributed by atoms with van der Waals surface area (Å²) in [5.74, 6) is 2.10. The maximum atomic E-state index is 11.3. The minimum atomic E-state index is -0.235. The third kappa shape index (κ3) is 1.65. The van der Waals surface area contributed by atoms with Gasteiger partial charge < -0.3 is 9.84 Å². The van der Waals surface area contributed by atoms with Crippen molar-refractivity contribution in [1.82, 2.24) is 4.90 Å². The Morgan fingerprint density at radius 2 is 2.00 bits per heavy atom. The van der Waals surface area contributed by atoms with Gasteiger partial charge in [0.15, 0.2) is 0 Å². The van der Waals surface area contributed by atoms with E-state index in [0.29, 0.717) is 28.9 Å². The molecule has 1 spiro atoms. The largest absolute Gasteiger partial charge is 0.388 e. The lowest BCUT2D eigenvalue weighted by atomic mass is 9.34. The lowest BCUT2D eigenvalue weighted by molar-refractivity contribution is -0.279. The molecule has 0 aromatic rings. The Kier molecular flexibility index (Phi) is 3.28. The molecule has 2 heterocycles. The molecule has 2 saturated heterocycles. The van der Waals surface area contributed by atoms with E-state index in [1.807, 2.05) is 0 Å². The summed E-state index contributed by atoms with van der Waals surface area (Å²) in [7, 11) is 0. The number of ether oxygens (including phenoxy) is 1. The molecule has 4 bridgehead atoms. The van der Waals surface area contributed by atoms with Crippen molar-refractivity contribution in [1.29, 1.82) is 0 Å². The Hall–Kier alpha value is -0.380. The van der Waals surface area contributed by atoms with Crippen LogP contribution in [-0.4, -0.2) is 42.0 Å². The highest BCUT2D eigenvalue weighted by Gasteiger charge is 2.72. The van der Waals surface area contributed by atoms with Crippen molar-refractivity contribution in [2.75, 3.05) is 19.7 Å². The SMILES string of the molecule is C=C1[C@H]2CC[C@@]3(CC[C@@H]4[C@@]5(CC)CCC[C@@]4(CN4CCOC45)C3C2)[C@@H]1O. The van der Waals surface area contributed by atoms with Gasteiger partial charge in [-0.15, -0.1) is 0 Å². The fraction of sp³-hybridized carbons (Fsp3) is 0.913. The van der Waals surface area contributed by atoms with Gasteiger partial charge in [-0.3, -0.25) is 4.90 Å². The van der Waals surface area contributed by atoms with Gasteiger partial charge in [-0.05, 0) is 80.1 Å². The van der Waals surface area contributed by atoms with Gasteiger partial charge in [0.2, 0.25) is 0 Å². The van der Waals surface area contributed by atoms with Gasteiger partial charge in [-0.2, -0.15) is 0 Å². The van der Waals surface area contributed by atoms with Crippen molar-refractivity contribution in [3.8, 4) is 0 Å². The molecular formula is C23H35NO2. The minimum absolute atomic E-state index is 0.145. The Labute approximate surface area is 158 Å². The molecule has 7 aliphatic rings. The number of aliphatic hydroxyl groups is 1. The van der Waals surface area contributed by atoms with Crippen molar-refractivity contribution < 1.29 is 9.84 Å².